The van der Waals surface area contributed by atoms with Gasteiger partial charge in [-0.1, -0.05) is 12.1 Å². The molecule has 2 aromatic rings. The van der Waals surface area contributed by atoms with E-state index in [1.54, 1.807) is 19.1 Å². The minimum atomic E-state index is -0.345. The summed E-state index contributed by atoms with van der Waals surface area (Å²) in [4.78, 5) is 14.4. The van der Waals surface area contributed by atoms with Crippen molar-refractivity contribution in [1.29, 1.82) is 0 Å². The maximum Gasteiger partial charge on any atom is 0.260 e. The van der Waals surface area contributed by atoms with Crippen LogP contribution in [0.1, 0.15) is 16.4 Å². The highest BCUT2D eigenvalue weighted by Crippen LogP contribution is 2.23. The summed E-state index contributed by atoms with van der Waals surface area (Å²) >= 11 is 0. The number of carbonyl (C=O) groups is 1. The van der Waals surface area contributed by atoms with Crippen LogP contribution in [0.2, 0.25) is 0 Å². The van der Waals surface area contributed by atoms with Crippen LogP contribution in [0.4, 0.5) is 4.39 Å². The van der Waals surface area contributed by atoms with Crippen molar-refractivity contribution in [3.8, 4) is 11.3 Å². The number of nitrogens with zero attached hydrogens (tertiary/aromatic N) is 1. The first-order chi connectivity index (χ1) is 7.20. The molecule has 0 fully saturated rings. The molecule has 1 aromatic carbocycles. The second-order valence-electron chi connectivity index (χ2n) is 3.09. The third kappa shape index (κ3) is 1.79. The first-order valence-electron chi connectivity index (χ1n) is 4.39. The maximum absolute atomic E-state index is 12.9. The lowest BCUT2D eigenvalue weighted by Crippen LogP contribution is -1.83. The standard InChI is InChI=1S/C11H8FNO2/c1-7-11(13-10(6-14)15-7)8-3-2-4-9(12)5-8/h2-6H,1H3. The molecule has 0 aliphatic heterocycles. The van der Waals surface area contributed by atoms with Crippen molar-refractivity contribution in [3.63, 3.8) is 0 Å². The molecule has 0 N–H and O–H groups in total. The number of rotatable bonds is 2. The maximum atomic E-state index is 12.9. The highest BCUT2D eigenvalue weighted by molar-refractivity contribution is 5.71. The Bertz CT molecular complexity index is 505. The third-order valence-corrected chi connectivity index (χ3v) is 2.01. The van der Waals surface area contributed by atoms with Gasteiger partial charge in [-0.2, -0.15) is 0 Å². The number of aldehydes is 1. The molecule has 0 aliphatic carbocycles. The molecule has 0 radical (unpaired) electrons. The summed E-state index contributed by atoms with van der Waals surface area (Å²) in [5, 5.41) is 0. The molecule has 76 valence electrons. The van der Waals surface area contributed by atoms with E-state index in [0.29, 0.717) is 23.3 Å². The zero-order valence-electron chi connectivity index (χ0n) is 8.03. The summed E-state index contributed by atoms with van der Waals surface area (Å²) < 4.78 is 18.0. The summed E-state index contributed by atoms with van der Waals surface area (Å²) in [5.74, 6) is 0.164. The van der Waals surface area contributed by atoms with Gasteiger partial charge in [-0.15, -0.1) is 0 Å². The van der Waals surface area contributed by atoms with Gasteiger partial charge in [-0.3, -0.25) is 4.79 Å². The minimum Gasteiger partial charge on any atom is -0.439 e. The molecule has 2 rings (SSSR count). The van der Waals surface area contributed by atoms with Crippen LogP contribution in [-0.2, 0) is 0 Å². The van der Waals surface area contributed by atoms with Gasteiger partial charge in [0.05, 0.1) is 0 Å². The summed E-state index contributed by atoms with van der Waals surface area (Å²) in [6.07, 6.45) is 0.524. The normalized spacial score (nSPS) is 10.3. The van der Waals surface area contributed by atoms with E-state index in [0.717, 1.165) is 0 Å². The largest absolute Gasteiger partial charge is 0.439 e. The second-order valence-corrected chi connectivity index (χ2v) is 3.09. The van der Waals surface area contributed by atoms with Gasteiger partial charge in [-0.25, -0.2) is 9.37 Å². The van der Waals surface area contributed by atoms with Gasteiger partial charge in [0, 0.05) is 5.56 Å². The molecule has 0 unspecified atom stereocenters. The number of oxazole rings is 1. The molecule has 0 bridgehead atoms. The van der Waals surface area contributed by atoms with Crippen molar-refractivity contribution in [2.45, 2.75) is 6.92 Å². The molecule has 0 saturated carbocycles. The lowest BCUT2D eigenvalue weighted by atomic mass is 10.1. The summed E-state index contributed by atoms with van der Waals surface area (Å²) in [5.41, 5.74) is 1.10. The van der Waals surface area contributed by atoms with E-state index in [-0.39, 0.29) is 11.7 Å². The van der Waals surface area contributed by atoms with Crippen molar-refractivity contribution in [1.82, 2.24) is 4.98 Å². The Kier molecular flexibility index (Phi) is 2.33. The Hall–Kier alpha value is -1.97. The molecule has 0 aliphatic rings. The van der Waals surface area contributed by atoms with Crippen LogP contribution in [0.15, 0.2) is 28.7 Å². The SMILES string of the molecule is Cc1oc(C=O)nc1-c1cccc(F)c1. The molecule has 0 spiro atoms. The zero-order valence-corrected chi connectivity index (χ0v) is 8.03. The number of halogens is 1. The predicted molar refractivity (Wildman–Crippen MR) is 52.0 cm³/mol. The quantitative estimate of drug-likeness (QED) is 0.708. The van der Waals surface area contributed by atoms with Crippen molar-refractivity contribution >= 4 is 6.29 Å². The molecule has 1 heterocycles. The average molecular weight is 205 g/mol. The molecule has 1 aromatic heterocycles. The molecular weight excluding hydrogens is 197 g/mol. The van der Waals surface area contributed by atoms with E-state index in [4.69, 9.17) is 4.42 Å². The number of hydrogen-bond acceptors (Lipinski definition) is 3. The van der Waals surface area contributed by atoms with Crippen molar-refractivity contribution in [2.24, 2.45) is 0 Å². The van der Waals surface area contributed by atoms with Gasteiger partial charge in [0.25, 0.3) is 5.89 Å². The van der Waals surface area contributed by atoms with Gasteiger partial charge in [0.2, 0.25) is 6.29 Å². The molecule has 3 nitrogen and oxygen atoms in total. The Morgan fingerprint density at radius 2 is 2.27 bits per heavy atom. The van der Waals surface area contributed by atoms with E-state index in [2.05, 4.69) is 4.98 Å². The topological polar surface area (TPSA) is 43.1 Å². The van der Waals surface area contributed by atoms with Gasteiger partial charge in [-0.05, 0) is 19.1 Å². The van der Waals surface area contributed by atoms with Crippen LogP contribution in [0.3, 0.4) is 0 Å². The minimum absolute atomic E-state index is 0.00626. The van der Waals surface area contributed by atoms with Crippen LogP contribution in [-0.4, -0.2) is 11.3 Å². The fourth-order valence-corrected chi connectivity index (χ4v) is 1.37. The van der Waals surface area contributed by atoms with Crippen LogP contribution in [0.5, 0.6) is 0 Å². The second kappa shape index (κ2) is 3.65. The zero-order chi connectivity index (χ0) is 10.8. The van der Waals surface area contributed by atoms with Crippen molar-refractivity contribution in [3.05, 3.63) is 41.7 Å². The molecule has 0 amide bonds. The Labute approximate surface area is 85.6 Å². The van der Waals surface area contributed by atoms with E-state index >= 15 is 0 Å². The molecular formula is C11H8FNO2. The van der Waals surface area contributed by atoms with Crippen LogP contribution >= 0.6 is 0 Å². The Balaban J connectivity index is 2.53. The summed E-state index contributed by atoms with van der Waals surface area (Å²) in [6, 6.07) is 5.99. The van der Waals surface area contributed by atoms with Gasteiger partial charge in [0.1, 0.15) is 17.3 Å². The molecule has 0 atom stereocenters. The Morgan fingerprint density at radius 1 is 1.47 bits per heavy atom. The van der Waals surface area contributed by atoms with Gasteiger partial charge < -0.3 is 4.42 Å². The third-order valence-electron chi connectivity index (χ3n) is 2.01. The van der Waals surface area contributed by atoms with Crippen molar-refractivity contribution < 1.29 is 13.6 Å². The fraction of sp³-hybridized carbons (Fsp3) is 0.0909. The van der Waals surface area contributed by atoms with Gasteiger partial charge in [0.15, 0.2) is 0 Å². The monoisotopic (exact) mass is 205 g/mol. The molecule has 15 heavy (non-hydrogen) atoms. The van der Waals surface area contributed by atoms with Crippen LogP contribution < -0.4 is 0 Å². The number of hydrogen-bond donors (Lipinski definition) is 0. The first-order valence-corrected chi connectivity index (χ1v) is 4.39. The number of aromatic nitrogens is 1. The lowest BCUT2D eigenvalue weighted by Gasteiger charge is -1.96. The Morgan fingerprint density at radius 3 is 2.87 bits per heavy atom. The number of aryl methyl sites for hydroxylation is 1. The summed E-state index contributed by atoms with van der Waals surface area (Å²) in [6.45, 7) is 1.68. The summed E-state index contributed by atoms with van der Waals surface area (Å²) in [7, 11) is 0. The van der Waals surface area contributed by atoms with Gasteiger partial charge >= 0.3 is 0 Å². The number of benzene rings is 1. The van der Waals surface area contributed by atoms with E-state index in [1.807, 2.05) is 0 Å². The van der Waals surface area contributed by atoms with E-state index < -0.39 is 0 Å². The van der Waals surface area contributed by atoms with E-state index in [1.165, 1.54) is 12.1 Å². The lowest BCUT2D eigenvalue weighted by molar-refractivity contribution is 0.109. The average Bonchev–Trinajstić information content (AvgIpc) is 2.60. The number of carbonyl (C=O) groups excluding carboxylic acids is 1. The van der Waals surface area contributed by atoms with Crippen LogP contribution in [0.25, 0.3) is 11.3 Å². The predicted octanol–water partition coefficient (Wildman–Crippen LogP) is 2.60. The first kappa shape index (κ1) is 9.58. The highest BCUT2D eigenvalue weighted by atomic mass is 19.1. The van der Waals surface area contributed by atoms with E-state index in [9.17, 15) is 9.18 Å². The fourth-order valence-electron chi connectivity index (χ4n) is 1.37. The van der Waals surface area contributed by atoms with Crippen LogP contribution in [0, 0.1) is 12.7 Å². The molecule has 0 saturated heterocycles. The molecule has 4 heteroatoms. The highest BCUT2D eigenvalue weighted by Gasteiger charge is 2.11. The van der Waals surface area contributed by atoms with Crippen molar-refractivity contribution in [2.75, 3.05) is 0 Å². The smallest absolute Gasteiger partial charge is 0.260 e.